The van der Waals surface area contributed by atoms with E-state index in [1.165, 1.54) is 12.8 Å². The predicted molar refractivity (Wildman–Crippen MR) is 98.8 cm³/mol. The number of aromatic nitrogens is 2. The number of carbonyl (C=O) groups excluding carboxylic acids is 2. The highest BCUT2D eigenvalue weighted by Crippen LogP contribution is 2.37. The number of nitrogens with one attached hydrogen (secondary N) is 1. The minimum atomic E-state index is 0.0223. The van der Waals surface area contributed by atoms with Crippen LogP contribution in [-0.2, 0) is 24.7 Å². The number of carbonyl (C=O) groups is 2. The van der Waals surface area contributed by atoms with Crippen LogP contribution in [0.5, 0.6) is 0 Å². The van der Waals surface area contributed by atoms with Crippen molar-refractivity contribution in [3.05, 3.63) is 17.0 Å². The fourth-order valence-corrected chi connectivity index (χ4v) is 5.28. The third kappa shape index (κ3) is 3.03. The summed E-state index contributed by atoms with van der Waals surface area (Å²) >= 11 is 0. The molecular weight excluding hydrogens is 328 g/mol. The molecule has 1 saturated carbocycles. The zero-order valence-corrected chi connectivity index (χ0v) is 16.0. The van der Waals surface area contributed by atoms with Crippen molar-refractivity contribution in [2.75, 3.05) is 13.1 Å². The van der Waals surface area contributed by atoms with Crippen LogP contribution in [0.15, 0.2) is 0 Å². The van der Waals surface area contributed by atoms with E-state index in [-0.39, 0.29) is 17.9 Å². The maximum atomic E-state index is 13.1. The van der Waals surface area contributed by atoms with Gasteiger partial charge in [-0.25, -0.2) is 0 Å². The molecule has 1 aromatic rings. The van der Waals surface area contributed by atoms with Gasteiger partial charge >= 0.3 is 0 Å². The Hall–Kier alpha value is -1.85. The van der Waals surface area contributed by atoms with Crippen molar-refractivity contribution < 1.29 is 9.59 Å². The Bertz CT molecular complexity index is 711. The molecule has 4 rings (SSSR count). The molecule has 6 nitrogen and oxygen atoms in total. The predicted octanol–water partition coefficient (Wildman–Crippen LogP) is 2.07. The second kappa shape index (κ2) is 7.05. The fraction of sp³-hybridized carbons (Fsp3) is 0.750. The molecule has 1 N–H and O–H groups in total. The molecule has 1 saturated heterocycles. The zero-order chi connectivity index (χ0) is 18.3. The summed E-state index contributed by atoms with van der Waals surface area (Å²) in [5, 5.41) is 7.90. The van der Waals surface area contributed by atoms with E-state index in [9.17, 15) is 9.59 Å². The van der Waals surface area contributed by atoms with Crippen LogP contribution in [0.2, 0.25) is 0 Å². The number of rotatable bonds is 3. The lowest BCUT2D eigenvalue weighted by Crippen LogP contribution is -2.46. The minimum Gasteiger partial charge on any atom is -0.348 e. The smallest absolute Gasteiger partial charge is 0.270 e. The molecule has 0 radical (unpaired) electrons. The Morgan fingerprint density at radius 3 is 2.77 bits per heavy atom. The second-order valence-electron chi connectivity index (χ2n) is 8.19. The number of fused-ring (bicyclic) bond motifs is 2. The summed E-state index contributed by atoms with van der Waals surface area (Å²) in [6.07, 6.45) is 8.13. The molecule has 142 valence electrons. The van der Waals surface area contributed by atoms with Gasteiger partial charge in [-0.1, -0.05) is 13.3 Å². The summed E-state index contributed by atoms with van der Waals surface area (Å²) in [5.41, 5.74) is 3.00. The van der Waals surface area contributed by atoms with E-state index in [2.05, 4.69) is 10.4 Å². The summed E-state index contributed by atoms with van der Waals surface area (Å²) in [7, 11) is 1.88. The molecule has 26 heavy (non-hydrogen) atoms. The van der Waals surface area contributed by atoms with Gasteiger partial charge in [0.15, 0.2) is 0 Å². The van der Waals surface area contributed by atoms with Gasteiger partial charge in [0.1, 0.15) is 5.69 Å². The van der Waals surface area contributed by atoms with Gasteiger partial charge in [-0.2, -0.15) is 5.10 Å². The van der Waals surface area contributed by atoms with Gasteiger partial charge in [0, 0.05) is 44.1 Å². The van der Waals surface area contributed by atoms with Crippen molar-refractivity contribution in [3.8, 4) is 0 Å². The van der Waals surface area contributed by atoms with E-state index < -0.39 is 0 Å². The number of hydrogen-bond acceptors (Lipinski definition) is 3. The first-order valence-electron chi connectivity index (χ1n) is 10.2. The van der Waals surface area contributed by atoms with Crippen LogP contribution in [0.1, 0.15) is 67.2 Å². The van der Waals surface area contributed by atoms with Crippen LogP contribution in [-0.4, -0.2) is 45.6 Å². The lowest BCUT2D eigenvalue weighted by Gasteiger charge is -2.33. The van der Waals surface area contributed by atoms with Gasteiger partial charge in [0.25, 0.3) is 5.91 Å². The molecule has 3 aliphatic rings. The molecule has 1 aromatic heterocycles. The molecule has 6 heteroatoms. The Balaban J connectivity index is 1.49. The normalized spacial score (nSPS) is 27.8. The van der Waals surface area contributed by atoms with E-state index in [4.69, 9.17) is 0 Å². The molecule has 2 heterocycles. The Morgan fingerprint density at radius 2 is 1.96 bits per heavy atom. The molecule has 0 unspecified atom stereocenters. The SMILES string of the molecule is CCC(=O)N1C[C@@H]2CCC[C@H](NC(=O)c3c4c(nn3C)CCCC4)[C@@H]2C1. The van der Waals surface area contributed by atoms with Crippen LogP contribution in [0, 0.1) is 11.8 Å². The highest BCUT2D eigenvalue weighted by atomic mass is 16.2. The van der Waals surface area contributed by atoms with Gasteiger partial charge in [0.2, 0.25) is 5.91 Å². The van der Waals surface area contributed by atoms with E-state index >= 15 is 0 Å². The largest absolute Gasteiger partial charge is 0.348 e. The standard InChI is InChI=1S/C20H30N4O2/c1-3-18(25)24-11-13-7-6-10-16(15(13)12-24)21-20(26)19-14-8-4-5-9-17(14)22-23(19)2/h13,15-16H,3-12H2,1-2H3,(H,21,26)/t13-,15+,16-/m0/s1. The van der Waals surface area contributed by atoms with Crippen molar-refractivity contribution in [1.29, 1.82) is 0 Å². The van der Waals surface area contributed by atoms with Gasteiger partial charge in [-0.3, -0.25) is 14.3 Å². The van der Waals surface area contributed by atoms with Crippen molar-refractivity contribution in [3.63, 3.8) is 0 Å². The fourth-order valence-electron chi connectivity index (χ4n) is 5.28. The van der Waals surface area contributed by atoms with Crippen molar-refractivity contribution >= 4 is 11.8 Å². The van der Waals surface area contributed by atoms with Crippen LogP contribution in [0.3, 0.4) is 0 Å². The third-order valence-corrected chi connectivity index (χ3v) is 6.60. The molecule has 2 fully saturated rings. The highest BCUT2D eigenvalue weighted by Gasteiger charge is 2.42. The summed E-state index contributed by atoms with van der Waals surface area (Å²) in [5.74, 6) is 1.19. The average Bonchev–Trinajstić information content (AvgIpc) is 3.21. The van der Waals surface area contributed by atoms with Crippen molar-refractivity contribution in [2.24, 2.45) is 18.9 Å². The Labute approximate surface area is 155 Å². The molecule has 2 aliphatic carbocycles. The monoisotopic (exact) mass is 358 g/mol. The summed E-state index contributed by atoms with van der Waals surface area (Å²) in [4.78, 5) is 27.2. The topological polar surface area (TPSA) is 67.2 Å². The lowest BCUT2D eigenvalue weighted by atomic mass is 9.78. The molecule has 0 bridgehead atoms. The van der Waals surface area contributed by atoms with Gasteiger partial charge < -0.3 is 10.2 Å². The molecular formula is C20H30N4O2. The number of hydrogen-bond donors (Lipinski definition) is 1. The van der Waals surface area contributed by atoms with Gasteiger partial charge in [-0.05, 0) is 44.4 Å². The second-order valence-corrected chi connectivity index (χ2v) is 8.19. The van der Waals surface area contributed by atoms with Crippen LogP contribution in [0.25, 0.3) is 0 Å². The van der Waals surface area contributed by atoms with Crippen molar-refractivity contribution in [2.45, 2.75) is 64.3 Å². The molecule has 2 amide bonds. The Morgan fingerprint density at radius 1 is 1.15 bits per heavy atom. The van der Waals surface area contributed by atoms with E-state index in [0.29, 0.717) is 18.3 Å². The summed E-state index contributed by atoms with van der Waals surface area (Å²) < 4.78 is 1.77. The minimum absolute atomic E-state index is 0.0223. The molecule has 0 spiro atoms. The zero-order valence-electron chi connectivity index (χ0n) is 16.0. The average molecular weight is 358 g/mol. The maximum absolute atomic E-state index is 13.1. The first-order valence-corrected chi connectivity index (χ1v) is 10.2. The van der Waals surface area contributed by atoms with Gasteiger partial charge in [0.05, 0.1) is 5.69 Å². The number of aryl methyl sites for hydroxylation is 2. The maximum Gasteiger partial charge on any atom is 0.270 e. The molecule has 1 aliphatic heterocycles. The molecule has 0 aromatic carbocycles. The quantitative estimate of drug-likeness (QED) is 0.899. The van der Waals surface area contributed by atoms with E-state index in [1.807, 2.05) is 18.9 Å². The first-order chi connectivity index (χ1) is 12.6. The third-order valence-electron chi connectivity index (χ3n) is 6.60. The van der Waals surface area contributed by atoms with Crippen LogP contribution in [0.4, 0.5) is 0 Å². The van der Waals surface area contributed by atoms with E-state index in [0.717, 1.165) is 62.1 Å². The van der Waals surface area contributed by atoms with Crippen LogP contribution >= 0.6 is 0 Å². The lowest BCUT2D eigenvalue weighted by molar-refractivity contribution is -0.130. The number of amides is 2. The first kappa shape index (κ1) is 17.6. The summed E-state index contributed by atoms with van der Waals surface area (Å²) in [6, 6.07) is 0.171. The van der Waals surface area contributed by atoms with Gasteiger partial charge in [-0.15, -0.1) is 0 Å². The molecule has 3 atom stereocenters. The summed E-state index contributed by atoms with van der Waals surface area (Å²) in [6.45, 7) is 3.59. The van der Waals surface area contributed by atoms with Crippen molar-refractivity contribution in [1.82, 2.24) is 20.0 Å². The number of likely N-dealkylation sites (tertiary alicyclic amines) is 1. The Kier molecular flexibility index (Phi) is 4.76. The highest BCUT2D eigenvalue weighted by molar-refractivity contribution is 5.94. The van der Waals surface area contributed by atoms with Crippen LogP contribution < -0.4 is 5.32 Å². The number of nitrogens with zero attached hydrogens (tertiary/aromatic N) is 3. The van der Waals surface area contributed by atoms with E-state index in [1.54, 1.807) is 4.68 Å².